The van der Waals surface area contributed by atoms with Crippen molar-refractivity contribution in [2.45, 2.75) is 6.42 Å². The lowest BCUT2D eigenvalue weighted by molar-refractivity contribution is 0.0838. The number of ether oxygens (including phenoxy) is 2. The molecule has 0 unspecified atom stereocenters. The van der Waals surface area contributed by atoms with Gasteiger partial charge in [0.05, 0.1) is 20.1 Å². The molecule has 4 heteroatoms. The Morgan fingerprint density at radius 3 is 2.00 bits per heavy atom. The normalized spacial score (nSPS) is 14.1. The summed E-state index contributed by atoms with van der Waals surface area (Å²) in [5.74, 6) is 0.371. The van der Waals surface area contributed by atoms with Crippen LogP contribution >= 0.6 is 0 Å². The van der Waals surface area contributed by atoms with Crippen molar-refractivity contribution in [3.63, 3.8) is 0 Å². The third-order valence-electron chi connectivity index (χ3n) is 3.98. The molecule has 0 bridgehead atoms. The first-order valence-electron chi connectivity index (χ1n) is 7.04. The van der Waals surface area contributed by atoms with Crippen LogP contribution in [0.15, 0.2) is 42.5 Å². The summed E-state index contributed by atoms with van der Waals surface area (Å²) in [6, 6.07) is 12.4. The average molecular weight is 296 g/mol. The maximum absolute atomic E-state index is 12.4. The molecular formula is C18H16O4. The fourth-order valence-electron chi connectivity index (χ4n) is 2.84. The topological polar surface area (TPSA) is 52.6 Å². The van der Waals surface area contributed by atoms with Crippen LogP contribution in [0.1, 0.15) is 26.3 Å². The first kappa shape index (κ1) is 14.3. The third-order valence-corrected chi connectivity index (χ3v) is 3.98. The summed E-state index contributed by atoms with van der Waals surface area (Å²) >= 11 is 0. The maximum atomic E-state index is 12.4. The Kier molecular flexibility index (Phi) is 3.67. The second kappa shape index (κ2) is 5.64. The van der Waals surface area contributed by atoms with Crippen LogP contribution in [0.2, 0.25) is 0 Å². The van der Waals surface area contributed by atoms with Crippen LogP contribution < -0.4 is 9.47 Å². The molecule has 0 fully saturated rings. The number of rotatable bonds is 4. The van der Waals surface area contributed by atoms with Gasteiger partial charge >= 0.3 is 0 Å². The lowest BCUT2D eigenvalue weighted by Crippen LogP contribution is -2.18. The quantitative estimate of drug-likeness (QED) is 0.814. The molecule has 0 saturated heterocycles. The van der Waals surface area contributed by atoms with E-state index >= 15 is 0 Å². The zero-order chi connectivity index (χ0) is 15.7. The summed E-state index contributed by atoms with van der Waals surface area (Å²) in [4.78, 5) is 24.8. The Balaban J connectivity index is 1.89. The van der Waals surface area contributed by atoms with E-state index in [-0.39, 0.29) is 11.6 Å². The van der Waals surface area contributed by atoms with E-state index in [9.17, 15) is 9.59 Å². The minimum atomic E-state index is -0.643. The number of hydrogen-bond donors (Lipinski definition) is 0. The third kappa shape index (κ3) is 2.26. The van der Waals surface area contributed by atoms with Gasteiger partial charge in [-0.15, -0.1) is 0 Å². The fraction of sp³-hybridized carbons (Fsp3) is 0.222. The van der Waals surface area contributed by atoms with Gasteiger partial charge in [0.15, 0.2) is 23.1 Å². The number of ketones is 2. The molecule has 0 aliphatic heterocycles. The molecule has 1 aliphatic rings. The van der Waals surface area contributed by atoms with E-state index in [1.54, 1.807) is 44.6 Å². The molecule has 4 nitrogen and oxygen atoms in total. The molecule has 1 aliphatic carbocycles. The summed E-state index contributed by atoms with van der Waals surface area (Å²) in [5, 5.41) is 0. The van der Waals surface area contributed by atoms with Gasteiger partial charge < -0.3 is 9.47 Å². The van der Waals surface area contributed by atoms with Crippen molar-refractivity contribution in [1.82, 2.24) is 0 Å². The first-order chi connectivity index (χ1) is 10.7. The maximum Gasteiger partial charge on any atom is 0.174 e. The summed E-state index contributed by atoms with van der Waals surface area (Å²) in [5.41, 5.74) is 1.92. The van der Waals surface area contributed by atoms with Crippen molar-refractivity contribution < 1.29 is 19.1 Å². The molecule has 2 aromatic rings. The molecule has 22 heavy (non-hydrogen) atoms. The van der Waals surface area contributed by atoms with Gasteiger partial charge in [-0.3, -0.25) is 9.59 Å². The van der Waals surface area contributed by atoms with E-state index < -0.39 is 5.92 Å². The molecule has 0 atom stereocenters. The molecule has 112 valence electrons. The van der Waals surface area contributed by atoms with Gasteiger partial charge in [0, 0.05) is 11.1 Å². The summed E-state index contributed by atoms with van der Waals surface area (Å²) in [6.45, 7) is 0. The molecule has 2 aromatic carbocycles. The number of hydrogen-bond acceptors (Lipinski definition) is 4. The molecule has 0 aromatic heterocycles. The molecular weight excluding hydrogens is 280 g/mol. The predicted octanol–water partition coefficient (Wildman–Crippen LogP) is 2.94. The van der Waals surface area contributed by atoms with E-state index in [4.69, 9.17) is 9.47 Å². The molecule has 0 spiro atoms. The zero-order valence-electron chi connectivity index (χ0n) is 12.5. The zero-order valence-corrected chi connectivity index (χ0v) is 12.5. The van der Waals surface area contributed by atoms with Crippen molar-refractivity contribution in [1.29, 1.82) is 0 Å². The lowest BCUT2D eigenvalue weighted by Gasteiger charge is -2.11. The Bertz CT molecular complexity index is 714. The number of Topliss-reactive ketones (excluding diaryl/α,β-unsaturated/α-hetero) is 2. The fourth-order valence-corrected chi connectivity index (χ4v) is 2.84. The highest BCUT2D eigenvalue weighted by Gasteiger charge is 2.38. The second-order valence-electron chi connectivity index (χ2n) is 5.22. The van der Waals surface area contributed by atoms with Crippen LogP contribution in [0, 0.1) is 5.92 Å². The number of carbonyl (C=O) groups is 2. The summed E-state index contributed by atoms with van der Waals surface area (Å²) in [7, 11) is 3.13. The molecule has 0 amide bonds. The van der Waals surface area contributed by atoms with E-state index in [0.717, 1.165) is 5.56 Å². The van der Waals surface area contributed by atoms with Gasteiger partial charge in [0.1, 0.15) is 0 Å². The van der Waals surface area contributed by atoms with Gasteiger partial charge in [-0.1, -0.05) is 30.3 Å². The van der Waals surface area contributed by atoms with Gasteiger partial charge in [-0.25, -0.2) is 0 Å². The highest BCUT2D eigenvalue weighted by atomic mass is 16.5. The molecule has 0 heterocycles. The minimum Gasteiger partial charge on any atom is -0.493 e. The first-order valence-corrected chi connectivity index (χ1v) is 7.04. The molecule has 3 rings (SSSR count). The van der Waals surface area contributed by atoms with E-state index in [1.807, 2.05) is 12.1 Å². The van der Waals surface area contributed by atoms with Crippen molar-refractivity contribution in [3.05, 3.63) is 59.2 Å². The molecule has 0 radical (unpaired) electrons. The highest BCUT2D eigenvalue weighted by Crippen LogP contribution is 2.32. The second-order valence-corrected chi connectivity index (χ2v) is 5.22. The van der Waals surface area contributed by atoms with E-state index in [1.165, 1.54) is 0 Å². The van der Waals surface area contributed by atoms with Crippen molar-refractivity contribution in [2.75, 3.05) is 14.2 Å². The monoisotopic (exact) mass is 296 g/mol. The number of methoxy groups -OCH3 is 2. The predicted molar refractivity (Wildman–Crippen MR) is 81.8 cm³/mol. The SMILES string of the molecule is COc1ccc(CC2C(=O)c3ccccc3C2=O)cc1OC. The number of benzene rings is 2. The number of fused-ring (bicyclic) bond motifs is 1. The lowest BCUT2D eigenvalue weighted by atomic mass is 9.94. The van der Waals surface area contributed by atoms with Crippen LogP contribution in [0.3, 0.4) is 0 Å². The van der Waals surface area contributed by atoms with Crippen LogP contribution in [-0.4, -0.2) is 25.8 Å². The van der Waals surface area contributed by atoms with Gasteiger partial charge in [-0.05, 0) is 24.1 Å². The Hall–Kier alpha value is -2.62. The van der Waals surface area contributed by atoms with Crippen LogP contribution in [-0.2, 0) is 6.42 Å². The Morgan fingerprint density at radius 2 is 1.45 bits per heavy atom. The van der Waals surface area contributed by atoms with E-state index in [2.05, 4.69) is 0 Å². The van der Waals surface area contributed by atoms with Gasteiger partial charge in [0.2, 0.25) is 0 Å². The summed E-state index contributed by atoms with van der Waals surface area (Å²) in [6.07, 6.45) is 0.368. The highest BCUT2D eigenvalue weighted by molar-refractivity contribution is 6.26. The number of carbonyl (C=O) groups excluding carboxylic acids is 2. The summed E-state index contributed by atoms with van der Waals surface area (Å²) < 4.78 is 10.5. The average Bonchev–Trinajstić information content (AvgIpc) is 2.80. The van der Waals surface area contributed by atoms with Gasteiger partial charge in [0.25, 0.3) is 0 Å². The van der Waals surface area contributed by atoms with Crippen LogP contribution in [0.25, 0.3) is 0 Å². The van der Waals surface area contributed by atoms with Crippen LogP contribution in [0.4, 0.5) is 0 Å². The smallest absolute Gasteiger partial charge is 0.174 e. The molecule has 0 saturated carbocycles. The van der Waals surface area contributed by atoms with Crippen molar-refractivity contribution in [2.24, 2.45) is 5.92 Å². The Morgan fingerprint density at radius 1 is 0.864 bits per heavy atom. The van der Waals surface area contributed by atoms with Crippen molar-refractivity contribution >= 4 is 11.6 Å². The standard InChI is InChI=1S/C18H16O4/c1-21-15-8-7-11(10-16(15)22-2)9-14-17(19)12-5-3-4-6-13(12)18(14)20/h3-8,10,14H,9H2,1-2H3. The van der Waals surface area contributed by atoms with E-state index in [0.29, 0.717) is 29.0 Å². The molecule has 0 N–H and O–H groups in total. The van der Waals surface area contributed by atoms with Crippen molar-refractivity contribution in [3.8, 4) is 11.5 Å². The Labute approximate surface area is 128 Å². The minimum absolute atomic E-state index is 0.101. The van der Waals surface area contributed by atoms with Gasteiger partial charge in [-0.2, -0.15) is 0 Å². The van der Waals surface area contributed by atoms with Crippen LogP contribution in [0.5, 0.6) is 11.5 Å². The largest absolute Gasteiger partial charge is 0.493 e.